The topological polar surface area (TPSA) is 60.5 Å². The fourth-order valence-electron chi connectivity index (χ4n) is 3.83. The Balaban J connectivity index is 1.92. The van der Waals surface area contributed by atoms with E-state index in [2.05, 4.69) is 17.2 Å². The zero-order valence-electron chi connectivity index (χ0n) is 16.0. The lowest BCUT2D eigenvalue weighted by Crippen LogP contribution is -2.47. The van der Waals surface area contributed by atoms with E-state index in [0.29, 0.717) is 5.92 Å². The van der Waals surface area contributed by atoms with Gasteiger partial charge in [-0.1, -0.05) is 13.3 Å². The van der Waals surface area contributed by atoms with Gasteiger partial charge in [0.15, 0.2) is 0 Å². The number of amides is 1. The van der Waals surface area contributed by atoms with Gasteiger partial charge < -0.3 is 14.8 Å². The van der Waals surface area contributed by atoms with Crippen molar-refractivity contribution in [2.75, 3.05) is 12.4 Å². The van der Waals surface area contributed by atoms with E-state index < -0.39 is 5.60 Å². The molecule has 1 aliphatic carbocycles. The highest BCUT2D eigenvalue weighted by Crippen LogP contribution is 2.37. The molecule has 1 heterocycles. The second-order valence-electron chi connectivity index (χ2n) is 7.53. The van der Waals surface area contributed by atoms with Gasteiger partial charge in [0.1, 0.15) is 16.9 Å². The summed E-state index contributed by atoms with van der Waals surface area (Å²) in [5.74, 6) is 1.13. The van der Waals surface area contributed by atoms with Crippen molar-refractivity contribution >= 4 is 22.5 Å². The molecule has 26 heavy (non-hydrogen) atoms. The molecule has 2 aromatic rings. The minimum absolute atomic E-state index is 0.0566. The summed E-state index contributed by atoms with van der Waals surface area (Å²) in [7, 11) is 1.64. The molecule has 0 spiro atoms. The van der Waals surface area contributed by atoms with Gasteiger partial charge in [-0.15, -0.1) is 0 Å². The number of carbonyl (C=O) groups is 1. The third kappa shape index (κ3) is 3.68. The first-order valence-electron chi connectivity index (χ1n) is 9.36. The number of fused-ring (bicyclic) bond motifs is 1. The van der Waals surface area contributed by atoms with Crippen LogP contribution >= 0.6 is 0 Å². The number of pyridine rings is 1. The predicted molar refractivity (Wildman–Crippen MR) is 104 cm³/mol. The van der Waals surface area contributed by atoms with E-state index in [-0.39, 0.29) is 12.0 Å². The number of benzene rings is 1. The fourth-order valence-corrected chi connectivity index (χ4v) is 3.83. The van der Waals surface area contributed by atoms with Crippen molar-refractivity contribution in [1.82, 2.24) is 4.98 Å². The zero-order valence-corrected chi connectivity index (χ0v) is 16.0. The van der Waals surface area contributed by atoms with Crippen molar-refractivity contribution in [3.63, 3.8) is 0 Å². The number of rotatable bonds is 5. The Morgan fingerprint density at radius 2 is 2.15 bits per heavy atom. The quantitative estimate of drug-likeness (QED) is 0.853. The summed E-state index contributed by atoms with van der Waals surface area (Å²) >= 11 is 0. The number of hydrogen-bond donors (Lipinski definition) is 1. The van der Waals surface area contributed by atoms with Crippen molar-refractivity contribution in [3.8, 4) is 5.75 Å². The molecule has 0 bridgehead atoms. The van der Waals surface area contributed by atoms with E-state index in [4.69, 9.17) is 9.47 Å². The SMILES string of the molecule is COC1(C(=O)Nc2ccc(OC(C)C)c3ncccc23)CCCC(C)C1. The number of hydrogen-bond acceptors (Lipinski definition) is 4. The number of ether oxygens (including phenoxy) is 2. The third-order valence-electron chi connectivity index (χ3n) is 5.10. The van der Waals surface area contributed by atoms with Gasteiger partial charge in [-0.3, -0.25) is 9.78 Å². The minimum Gasteiger partial charge on any atom is -0.489 e. The Labute approximate surface area is 155 Å². The lowest BCUT2D eigenvalue weighted by molar-refractivity contribution is -0.143. The molecule has 1 amide bonds. The summed E-state index contributed by atoms with van der Waals surface area (Å²) in [6, 6.07) is 7.57. The van der Waals surface area contributed by atoms with Gasteiger partial charge in [0.2, 0.25) is 0 Å². The largest absolute Gasteiger partial charge is 0.489 e. The van der Waals surface area contributed by atoms with Gasteiger partial charge in [-0.2, -0.15) is 0 Å². The van der Waals surface area contributed by atoms with Crippen LogP contribution in [0.25, 0.3) is 10.9 Å². The molecular formula is C21H28N2O3. The van der Waals surface area contributed by atoms with Crippen LogP contribution in [-0.4, -0.2) is 29.7 Å². The molecule has 1 saturated carbocycles. The Morgan fingerprint density at radius 1 is 1.35 bits per heavy atom. The highest BCUT2D eigenvalue weighted by atomic mass is 16.5. The van der Waals surface area contributed by atoms with Gasteiger partial charge in [-0.05, 0) is 63.3 Å². The maximum Gasteiger partial charge on any atom is 0.256 e. The van der Waals surface area contributed by atoms with Gasteiger partial charge in [0.25, 0.3) is 5.91 Å². The number of nitrogens with one attached hydrogen (secondary N) is 1. The molecule has 1 aromatic heterocycles. The Bertz CT molecular complexity index is 790. The normalized spacial score (nSPS) is 23.2. The first-order chi connectivity index (χ1) is 12.4. The summed E-state index contributed by atoms with van der Waals surface area (Å²) < 4.78 is 11.6. The van der Waals surface area contributed by atoms with Crippen LogP contribution in [0.1, 0.15) is 46.5 Å². The summed E-state index contributed by atoms with van der Waals surface area (Å²) in [6.07, 6.45) is 5.45. The minimum atomic E-state index is -0.751. The smallest absolute Gasteiger partial charge is 0.256 e. The number of nitrogens with zero attached hydrogens (tertiary/aromatic N) is 1. The Hall–Kier alpha value is -2.14. The third-order valence-corrected chi connectivity index (χ3v) is 5.10. The lowest BCUT2D eigenvalue weighted by Gasteiger charge is -2.37. The molecule has 2 atom stereocenters. The van der Waals surface area contributed by atoms with Crippen LogP contribution < -0.4 is 10.1 Å². The maximum atomic E-state index is 13.1. The van der Waals surface area contributed by atoms with Crippen LogP contribution in [0.5, 0.6) is 5.75 Å². The number of methoxy groups -OCH3 is 1. The molecule has 0 radical (unpaired) electrons. The molecule has 0 saturated heterocycles. The van der Waals surface area contributed by atoms with E-state index in [9.17, 15) is 4.79 Å². The molecule has 1 N–H and O–H groups in total. The van der Waals surface area contributed by atoms with Crippen LogP contribution in [-0.2, 0) is 9.53 Å². The molecule has 0 aliphatic heterocycles. The average molecular weight is 356 g/mol. The van der Waals surface area contributed by atoms with Gasteiger partial charge in [-0.25, -0.2) is 0 Å². The Kier molecular flexibility index (Phi) is 5.47. The molecule has 1 fully saturated rings. The van der Waals surface area contributed by atoms with Crippen LogP contribution in [0, 0.1) is 5.92 Å². The van der Waals surface area contributed by atoms with Crippen molar-refractivity contribution in [3.05, 3.63) is 30.5 Å². The maximum absolute atomic E-state index is 13.1. The van der Waals surface area contributed by atoms with Crippen LogP contribution in [0.15, 0.2) is 30.5 Å². The number of carbonyl (C=O) groups excluding carboxylic acids is 1. The van der Waals surface area contributed by atoms with Crippen molar-refractivity contribution < 1.29 is 14.3 Å². The molecule has 1 aromatic carbocycles. The van der Waals surface area contributed by atoms with Crippen LogP contribution in [0.3, 0.4) is 0 Å². The van der Waals surface area contributed by atoms with E-state index in [1.807, 2.05) is 38.1 Å². The summed E-state index contributed by atoms with van der Waals surface area (Å²) in [4.78, 5) is 17.5. The van der Waals surface area contributed by atoms with E-state index in [0.717, 1.165) is 48.0 Å². The molecular weight excluding hydrogens is 328 g/mol. The first-order valence-corrected chi connectivity index (χ1v) is 9.36. The number of aromatic nitrogens is 1. The highest BCUT2D eigenvalue weighted by molar-refractivity contribution is 6.05. The molecule has 5 heteroatoms. The van der Waals surface area contributed by atoms with Crippen molar-refractivity contribution in [1.29, 1.82) is 0 Å². The van der Waals surface area contributed by atoms with Crippen LogP contribution in [0.4, 0.5) is 5.69 Å². The standard InChI is InChI=1S/C21H28N2O3/c1-14(2)26-18-10-9-17(16-8-6-12-22-19(16)18)23-20(24)21(25-4)11-5-7-15(3)13-21/h6,8-10,12,14-15H,5,7,11,13H2,1-4H3,(H,23,24). The van der Waals surface area contributed by atoms with E-state index >= 15 is 0 Å². The van der Waals surface area contributed by atoms with E-state index in [1.165, 1.54) is 0 Å². The summed E-state index contributed by atoms with van der Waals surface area (Å²) in [5, 5.41) is 3.96. The predicted octanol–water partition coefficient (Wildman–Crippen LogP) is 4.56. The first kappa shape index (κ1) is 18.6. The fraction of sp³-hybridized carbons (Fsp3) is 0.524. The number of anilines is 1. The van der Waals surface area contributed by atoms with Gasteiger partial charge in [0.05, 0.1) is 11.8 Å². The monoisotopic (exact) mass is 356 g/mol. The summed E-state index contributed by atoms with van der Waals surface area (Å²) in [5.41, 5.74) is 0.741. The average Bonchev–Trinajstić information content (AvgIpc) is 2.63. The lowest BCUT2D eigenvalue weighted by atomic mass is 9.78. The molecule has 5 nitrogen and oxygen atoms in total. The molecule has 3 rings (SSSR count). The van der Waals surface area contributed by atoms with Crippen molar-refractivity contribution in [2.24, 2.45) is 5.92 Å². The second kappa shape index (κ2) is 7.62. The molecule has 2 unspecified atom stereocenters. The zero-order chi connectivity index (χ0) is 18.7. The molecule has 140 valence electrons. The summed E-state index contributed by atoms with van der Waals surface area (Å²) in [6.45, 7) is 6.14. The second-order valence-corrected chi connectivity index (χ2v) is 7.53. The van der Waals surface area contributed by atoms with Gasteiger partial charge >= 0.3 is 0 Å². The highest BCUT2D eigenvalue weighted by Gasteiger charge is 2.42. The van der Waals surface area contributed by atoms with E-state index in [1.54, 1.807) is 13.3 Å². The van der Waals surface area contributed by atoms with Crippen molar-refractivity contribution in [2.45, 2.75) is 58.2 Å². The molecule has 1 aliphatic rings. The Morgan fingerprint density at radius 3 is 2.85 bits per heavy atom. The van der Waals surface area contributed by atoms with Crippen LogP contribution in [0.2, 0.25) is 0 Å². The van der Waals surface area contributed by atoms with Gasteiger partial charge in [0, 0.05) is 18.7 Å².